The molecule has 0 radical (unpaired) electrons. The van der Waals surface area contributed by atoms with Crippen LogP contribution in [0.4, 0.5) is 5.69 Å². The Morgan fingerprint density at radius 1 is 0.955 bits per heavy atom. The molecule has 0 saturated heterocycles. The van der Waals surface area contributed by atoms with Crippen LogP contribution >= 0.6 is 0 Å². The number of hydrogen-bond acceptors (Lipinski definition) is 3. The van der Waals surface area contributed by atoms with Crippen LogP contribution in [0.15, 0.2) is 48.5 Å². The Morgan fingerprint density at radius 3 is 2.00 bits per heavy atom. The molecule has 0 amide bonds. The van der Waals surface area contributed by atoms with Crippen LogP contribution in [0.5, 0.6) is 0 Å². The summed E-state index contributed by atoms with van der Waals surface area (Å²) in [5.41, 5.74) is 3.02. The van der Waals surface area contributed by atoms with Crippen molar-refractivity contribution in [2.45, 2.75) is 26.3 Å². The fourth-order valence-electron chi connectivity index (χ4n) is 2.95. The van der Waals surface area contributed by atoms with Crippen molar-refractivity contribution >= 4 is 27.5 Å². The molecule has 1 aromatic heterocycles. The minimum atomic E-state index is 0.0502. The summed E-state index contributed by atoms with van der Waals surface area (Å²) in [5.74, 6) is 0.531. The fraction of sp³-hybridized carbons (Fsp3) is 0.316. The number of anilines is 1. The fourth-order valence-corrected chi connectivity index (χ4v) is 2.95. The molecule has 0 spiro atoms. The van der Waals surface area contributed by atoms with Gasteiger partial charge in [-0.15, -0.1) is 0 Å². The molecule has 0 saturated carbocycles. The summed E-state index contributed by atoms with van der Waals surface area (Å²) in [5, 5.41) is 15.5. The van der Waals surface area contributed by atoms with Gasteiger partial charge in [0.05, 0.1) is 23.3 Å². The van der Waals surface area contributed by atoms with Crippen LogP contribution in [0.3, 0.4) is 0 Å². The van der Waals surface area contributed by atoms with Crippen LogP contribution in [-0.2, 0) is 0 Å². The maximum absolute atomic E-state index is 9.70. The molecule has 3 heteroatoms. The molecule has 2 N–H and O–H groups in total. The van der Waals surface area contributed by atoms with Gasteiger partial charge < -0.3 is 10.4 Å². The summed E-state index contributed by atoms with van der Waals surface area (Å²) >= 11 is 0. The Kier molecular flexibility index (Phi) is 4.25. The molecule has 3 aromatic rings. The van der Waals surface area contributed by atoms with Gasteiger partial charge in [-0.05, 0) is 24.5 Å². The molecule has 114 valence electrons. The zero-order valence-corrected chi connectivity index (χ0v) is 13.1. The van der Waals surface area contributed by atoms with Gasteiger partial charge >= 0.3 is 0 Å². The average Bonchev–Trinajstić information content (AvgIpc) is 2.53. The molecule has 0 fully saturated rings. The van der Waals surface area contributed by atoms with E-state index in [-0.39, 0.29) is 12.6 Å². The number of aliphatic hydroxyl groups excluding tert-OH is 1. The predicted octanol–water partition coefficient (Wildman–Crippen LogP) is 4.21. The lowest BCUT2D eigenvalue weighted by atomic mass is 10.0. The molecule has 0 unspecified atom stereocenters. The van der Waals surface area contributed by atoms with Gasteiger partial charge in [-0.3, -0.25) is 0 Å². The van der Waals surface area contributed by atoms with Gasteiger partial charge in [0, 0.05) is 16.8 Å². The lowest BCUT2D eigenvalue weighted by Gasteiger charge is -2.22. The topological polar surface area (TPSA) is 45.1 Å². The molecule has 0 aliphatic heterocycles. The van der Waals surface area contributed by atoms with Crippen LogP contribution in [0.2, 0.25) is 0 Å². The SMILES string of the molecule is CC(C)C[C@@H](CO)Nc1c2ccccc2nc2ccccc12. The van der Waals surface area contributed by atoms with Gasteiger partial charge in [0.15, 0.2) is 0 Å². The van der Waals surface area contributed by atoms with Crippen molar-refractivity contribution in [3.63, 3.8) is 0 Å². The van der Waals surface area contributed by atoms with Crippen molar-refractivity contribution < 1.29 is 5.11 Å². The van der Waals surface area contributed by atoms with E-state index in [1.54, 1.807) is 0 Å². The summed E-state index contributed by atoms with van der Waals surface area (Å²) in [6.07, 6.45) is 0.932. The Hall–Kier alpha value is -2.13. The average molecular weight is 294 g/mol. The Bertz CT molecular complexity index is 729. The van der Waals surface area contributed by atoms with Crippen molar-refractivity contribution in [2.24, 2.45) is 5.92 Å². The number of rotatable bonds is 5. The maximum atomic E-state index is 9.70. The van der Waals surface area contributed by atoms with Gasteiger partial charge in [0.1, 0.15) is 0 Å². The highest BCUT2D eigenvalue weighted by Gasteiger charge is 2.14. The number of hydrogen-bond donors (Lipinski definition) is 2. The monoisotopic (exact) mass is 294 g/mol. The van der Waals surface area contributed by atoms with Crippen LogP contribution in [0, 0.1) is 5.92 Å². The summed E-state index contributed by atoms with van der Waals surface area (Å²) in [6.45, 7) is 4.48. The number of aliphatic hydroxyl groups is 1. The van der Waals surface area contributed by atoms with E-state index in [9.17, 15) is 5.11 Å². The van der Waals surface area contributed by atoms with Crippen molar-refractivity contribution in [3.05, 3.63) is 48.5 Å². The van der Waals surface area contributed by atoms with Crippen LogP contribution in [0.1, 0.15) is 20.3 Å². The second-order valence-corrected chi connectivity index (χ2v) is 6.17. The third kappa shape index (κ3) is 2.90. The first-order valence-corrected chi connectivity index (χ1v) is 7.84. The van der Waals surface area contributed by atoms with Gasteiger partial charge in [-0.1, -0.05) is 50.2 Å². The number of aromatic nitrogens is 1. The van der Waals surface area contributed by atoms with E-state index >= 15 is 0 Å². The molecule has 3 rings (SSSR count). The lowest BCUT2D eigenvalue weighted by molar-refractivity contribution is 0.259. The molecular weight excluding hydrogens is 272 g/mol. The smallest absolute Gasteiger partial charge is 0.0730 e. The number of fused-ring (bicyclic) bond motifs is 2. The van der Waals surface area contributed by atoms with Gasteiger partial charge in [-0.2, -0.15) is 0 Å². The molecule has 1 heterocycles. The Balaban J connectivity index is 2.15. The zero-order chi connectivity index (χ0) is 15.5. The highest BCUT2D eigenvalue weighted by Crippen LogP contribution is 2.31. The molecule has 3 nitrogen and oxygen atoms in total. The van der Waals surface area contributed by atoms with Crippen LogP contribution < -0.4 is 5.32 Å². The second kappa shape index (κ2) is 6.32. The van der Waals surface area contributed by atoms with Crippen LogP contribution in [0.25, 0.3) is 21.8 Å². The van der Waals surface area contributed by atoms with Crippen LogP contribution in [-0.4, -0.2) is 22.7 Å². The van der Waals surface area contributed by atoms with E-state index in [0.29, 0.717) is 5.92 Å². The van der Waals surface area contributed by atoms with Gasteiger partial charge in [0.25, 0.3) is 0 Å². The third-order valence-corrected chi connectivity index (χ3v) is 3.91. The summed E-state index contributed by atoms with van der Waals surface area (Å²) in [6, 6.07) is 16.3. The Morgan fingerprint density at radius 2 is 1.50 bits per heavy atom. The third-order valence-electron chi connectivity index (χ3n) is 3.91. The van der Waals surface area contributed by atoms with E-state index in [1.165, 1.54) is 0 Å². The van der Waals surface area contributed by atoms with Crippen molar-refractivity contribution in [2.75, 3.05) is 11.9 Å². The second-order valence-electron chi connectivity index (χ2n) is 6.17. The highest BCUT2D eigenvalue weighted by atomic mass is 16.3. The standard InChI is InChI=1S/C19H22N2O/c1-13(2)11-14(12-22)20-19-15-7-3-5-9-17(15)21-18-10-6-4-8-16(18)19/h3-10,13-14,22H,11-12H2,1-2H3,(H,20,21)/t14-/m0/s1. The summed E-state index contributed by atoms with van der Waals surface area (Å²) in [7, 11) is 0. The normalized spacial score (nSPS) is 12.9. The molecule has 0 bridgehead atoms. The quantitative estimate of drug-likeness (QED) is 0.693. The van der Waals surface area contributed by atoms with Crippen molar-refractivity contribution in [3.8, 4) is 0 Å². The number of nitrogens with one attached hydrogen (secondary N) is 1. The summed E-state index contributed by atoms with van der Waals surface area (Å²) in [4.78, 5) is 4.73. The van der Waals surface area contributed by atoms with E-state index in [1.807, 2.05) is 36.4 Å². The highest BCUT2D eigenvalue weighted by molar-refractivity contribution is 6.07. The van der Waals surface area contributed by atoms with Crippen molar-refractivity contribution in [1.29, 1.82) is 0 Å². The lowest BCUT2D eigenvalue weighted by Crippen LogP contribution is -2.25. The van der Waals surface area contributed by atoms with E-state index in [0.717, 1.165) is 33.9 Å². The maximum Gasteiger partial charge on any atom is 0.0730 e. The first kappa shape index (κ1) is 14.8. The number of pyridine rings is 1. The predicted molar refractivity (Wildman–Crippen MR) is 93.2 cm³/mol. The minimum absolute atomic E-state index is 0.0502. The number of nitrogens with zero attached hydrogens (tertiary/aromatic N) is 1. The summed E-state index contributed by atoms with van der Waals surface area (Å²) < 4.78 is 0. The van der Waals surface area contributed by atoms with E-state index in [4.69, 9.17) is 4.98 Å². The van der Waals surface area contributed by atoms with Gasteiger partial charge in [-0.25, -0.2) is 4.98 Å². The number of para-hydroxylation sites is 2. The minimum Gasteiger partial charge on any atom is -0.394 e. The Labute approximate surface area is 131 Å². The number of benzene rings is 2. The molecule has 1 atom stereocenters. The van der Waals surface area contributed by atoms with Gasteiger partial charge in [0.2, 0.25) is 0 Å². The first-order chi connectivity index (χ1) is 10.7. The van der Waals surface area contributed by atoms with E-state index < -0.39 is 0 Å². The largest absolute Gasteiger partial charge is 0.394 e. The molecule has 22 heavy (non-hydrogen) atoms. The first-order valence-electron chi connectivity index (χ1n) is 7.84. The van der Waals surface area contributed by atoms with Crippen molar-refractivity contribution in [1.82, 2.24) is 4.98 Å². The van der Waals surface area contributed by atoms with E-state index in [2.05, 4.69) is 31.3 Å². The molecular formula is C19H22N2O. The molecule has 2 aromatic carbocycles. The molecule has 0 aliphatic rings. The zero-order valence-electron chi connectivity index (χ0n) is 13.1. The molecule has 0 aliphatic carbocycles.